The van der Waals surface area contributed by atoms with Crippen molar-refractivity contribution in [2.45, 2.75) is 0 Å². The first-order valence-electron chi connectivity index (χ1n) is 14.6. The fraction of sp³-hybridized carbons (Fsp3) is 0. The highest BCUT2D eigenvalue weighted by atomic mass is 14.6. The summed E-state index contributed by atoms with van der Waals surface area (Å²) in [4.78, 5) is 3.67. The first-order valence-corrected chi connectivity index (χ1v) is 14.6. The summed E-state index contributed by atoms with van der Waals surface area (Å²) in [6.07, 6.45) is 4.43. The molecular formula is C42H24N2. The zero-order valence-electron chi connectivity index (χ0n) is 23.8. The van der Waals surface area contributed by atoms with Crippen molar-refractivity contribution in [3.63, 3.8) is 0 Å². The fourth-order valence-electron chi connectivity index (χ4n) is 6.60. The highest BCUT2D eigenvalue weighted by Gasteiger charge is 2.30. The van der Waals surface area contributed by atoms with E-state index in [-0.39, 0.29) is 0 Å². The maximum absolute atomic E-state index is 9.58. The first kappa shape index (κ1) is 25.5. The van der Waals surface area contributed by atoms with Crippen LogP contribution in [0.3, 0.4) is 0 Å². The van der Waals surface area contributed by atoms with Crippen LogP contribution in [0.15, 0.2) is 133 Å². The summed E-state index contributed by atoms with van der Waals surface area (Å²) in [7, 11) is 0. The Morgan fingerprint density at radius 1 is 0.455 bits per heavy atom. The zero-order valence-corrected chi connectivity index (χ0v) is 23.8. The normalized spacial score (nSPS) is 12.3. The average Bonchev–Trinajstić information content (AvgIpc) is 3.31. The SMILES string of the molecule is [C-]#[N+]c1cccc(-c2ccc3c(c2)C(=C2c4ccccc4C=Cc4ccccc42)c2cc(-c4cccc(C#N)c4)ccc2-3)c1. The van der Waals surface area contributed by atoms with Gasteiger partial charge in [0.15, 0.2) is 5.69 Å². The summed E-state index contributed by atoms with van der Waals surface area (Å²) in [5.74, 6) is 0. The van der Waals surface area contributed by atoms with Crippen molar-refractivity contribution in [3.8, 4) is 39.4 Å². The third kappa shape index (κ3) is 4.10. The molecule has 202 valence electrons. The predicted octanol–water partition coefficient (Wildman–Crippen LogP) is 10.9. The van der Waals surface area contributed by atoms with Crippen LogP contribution in [0.25, 0.3) is 61.5 Å². The summed E-state index contributed by atoms with van der Waals surface area (Å²) in [6, 6.07) is 48.6. The highest BCUT2D eigenvalue weighted by molar-refractivity contribution is 6.16. The molecule has 0 saturated carbocycles. The van der Waals surface area contributed by atoms with Gasteiger partial charge in [-0.1, -0.05) is 115 Å². The molecule has 2 nitrogen and oxygen atoms in total. The molecular weight excluding hydrogens is 532 g/mol. The van der Waals surface area contributed by atoms with Crippen LogP contribution in [-0.2, 0) is 0 Å². The standard InChI is InChI=1S/C42H24N2/c1-44-34-13-7-12-31(23-34)33-19-21-38-37-20-18-32(30-11-6-8-27(22-30)26-43)24-39(37)42(40(38)25-33)41-35-14-4-2-9-28(35)16-17-29-10-3-5-15-36(29)41/h2-25H. The van der Waals surface area contributed by atoms with Gasteiger partial charge in [0.05, 0.1) is 18.2 Å². The second kappa shape index (κ2) is 10.2. The molecule has 0 unspecified atom stereocenters. The Labute approximate surface area is 257 Å². The molecule has 6 aromatic rings. The molecule has 0 heterocycles. The number of fused-ring (bicyclic) bond motifs is 5. The van der Waals surface area contributed by atoms with Crippen LogP contribution in [-0.4, -0.2) is 0 Å². The van der Waals surface area contributed by atoms with Gasteiger partial charge in [-0.25, -0.2) is 4.85 Å². The quantitative estimate of drug-likeness (QED) is 0.195. The molecule has 0 bridgehead atoms. The van der Waals surface area contributed by atoms with Crippen LogP contribution < -0.4 is 0 Å². The smallest absolute Gasteiger partial charge is 0.187 e. The number of nitriles is 1. The van der Waals surface area contributed by atoms with E-state index in [0.717, 1.165) is 22.3 Å². The van der Waals surface area contributed by atoms with Crippen LogP contribution in [0.4, 0.5) is 5.69 Å². The summed E-state index contributed by atoms with van der Waals surface area (Å²) < 4.78 is 0. The van der Waals surface area contributed by atoms with E-state index in [1.54, 1.807) is 0 Å². The third-order valence-corrected chi connectivity index (χ3v) is 8.65. The minimum absolute atomic E-state index is 0.631. The van der Waals surface area contributed by atoms with Crippen molar-refractivity contribution in [3.05, 3.63) is 184 Å². The topological polar surface area (TPSA) is 28.1 Å². The number of hydrogen-bond acceptors (Lipinski definition) is 1. The Balaban J connectivity index is 1.47. The lowest BCUT2D eigenvalue weighted by Gasteiger charge is -2.18. The molecule has 44 heavy (non-hydrogen) atoms. The van der Waals surface area contributed by atoms with Gasteiger partial charge in [0.2, 0.25) is 0 Å². The zero-order chi connectivity index (χ0) is 29.6. The van der Waals surface area contributed by atoms with Gasteiger partial charge in [-0.2, -0.15) is 5.26 Å². The summed E-state index contributed by atoms with van der Waals surface area (Å²) in [6.45, 7) is 7.55. The Morgan fingerprint density at radius 3 is 1.57 bits per heavy atom. The van der Waals surface area contributed by atoms with E-state index in [1.165, 1.54) is 55.7 Å². The average molecular weight is 557 g/mol. The summed E-state index contributed by atoms with van der Waals surface area (Å²) >= 11 is 0. The maximum Gasteiger partial charge on any atom is 0.187 e. The largest absolute Gasteiger partial charge is 0.238 e. The molecule has 6 aromatic carbocycles. The molecule has 0 saturated heterocycles. The third-order valence-electron chi connectivity index (χ3n) is 8.65. The van der Waals surface area contributed by atoms with E-state index >= 15 is 0 Å². The van der Waals surface area contributed by atoms with Gasteiger partial charge in [-0.3, -0.25) is 0 Å². The van der Waals surface area contributed by atoms with Gasteiger partial charge in [-0.05, 0) is 108 Å². The van der Waals surface area contributed by atoms with Crippen molar-refractivity contribution in [2.75, 3.05) is 0 Å². The molecule has 8 rings (SSSR count). The molecule has 0 amide bonds. The maximum atomic E-state index is 9.58. The second-order valence-corrected chi connectivity index (χ2v) is 11.1. The number of nitrogens with zero attached hydrogens (tertiary/aromatic N) is 2. The lowest BCUT2D eigenvalue weighted by atomic mass is 9.85. The van der Waals surface area contributed by atoms with Crippen LogP contribution in [0.2, 0.25) is 0 Å². The lowest BCUT2D eigenvalue weighted by Crippen LogP contribution is -1.97. The van der Waals surface area contributed by atoms with Crippen LogP contribution >= 0.6 is 0 Å². The second-order valence-electron chi connectivity index (χ2n) is 11.1. The molecule has 0 radical (unpaired) electrons. The Hall–Kier alpha value is -6.22. The highest BCUT2D eigenvalue weighted by Crippen LogP contribution is 2.52. The Morgan fingerprint density at radius 2 is 0.977 bits per heavy atom. The van der Waals surface area contributed by atoms with E-state index in [4.69, 9.17) is 6.57 Å². The van der Waals surface area contributed by atoms with Gasteiger partial charge >= 0.3 is 0 Å². The first-order chi connectivity index (χ1) is 21.7. The molecule has 0 N–H and O–H groups in total. The molecule has 2 aliphatic carbocycles. The molecule has 0 aromatic heterocycles. The Bertz CT molecular complexity index is 2140. The van der Waals surface area contributed by atoms with Gasteiger partial charge in [-0.15, -0.1) is 0 Å². The summed E-state index contributed by atoms with van der Waals surface area (Å²) in [5, 5.41) is 9.58. The molecule has 2 heteroatoms. The van der Waals surface area contributed by atoms with Gasteiger partial charge < -0.3 is 0 Å². The van der Waals surface area contributed by atoms with Crippen molar-refractivity contribution < 1.29 is 0 Å². The van der Waals surface area contributed by atoms with Crippen molar-refractivity contribution in [1.82, 2.24) is 0 Å². The Kier molecular flexibility index (Phi) is 5.94. The number of rotatable bonds is 2. The lowest BCUT2D eigenvalue weighted by molar-refractivity contribution is 1.48. The van der Waals surface area contributed by atoms with Crippen molar-refractivity contribution in [1.29, 1.82) is 5.26 Å². The molecule has 0 atom stereocenters. The van der Waals surface area contributed by atoms with E-state index in [1.807, 2.05) is 36.4 Å². The van der Waals surface area contributed by atoms with E-state index in [0.29, 0.717) is 11.3 Å². The van der Waals surface area contributed by atoms with Crippen molar-refractivity contribution >= 4 is 29.0 Å². The fourth-order valence-corrected chi connectivity index (χ4v) is 6.60. The molecule has 0 spiro atoms. The van der Waals surface area contributed by atoms with Crippen LogP contribution in [0.1, 0.15) is 38.9 Å². The van der Waals surface area contributed by atoms with E-state index in [9.17, 15) is 5.26 Å². The van der Waals surface area contributed by atoms with E-state index < -0.39 is 0 Å². The van der Waals surface area contributed by atoms with Gasteiger partial charge in [0.1, 0.15) is 0 Å². The predicted molar refractivity (Wildman–Crippen MR) is 181 cm³/mol. The van der Waals surface area contributed by atoms with E-state index in [2.05, 4.69) is 120 Å². The summed E-state index contributed by atoms with van der Waals surface area (Å²) in [5.41, 5.74) is 17.4. The number of hydrogen-bond donors (Lipinski definition) is 0. The van der Waals surface area contributed by atoms with Gasteiger partial charge in [0.25, 0.3) is 0 Å². The number of benzene rings is 6. The molecule has 2 aliphatic rings. The van der Waals surface area contributed by atoms with Crippen molar-refractivity contribution in [2.24, 2.45) is 0 Å². The minimum Gasteiger partial charge on any atom is -0.238 e. The monoisotopic (exact) mass is 556 g/mol. The van der Waals surface area contributed by atoms with Gasteiger partial charge in [0, 0.05) is 0 Å². The molecule has 0 aliphatic heterocycles. The van der Waals surface area contributed by atoms with Crippen LogP contribution in [0.5, 0.6) is 0 Å². The minimum atomic E-state index is 0.631. The van der Waals surface area contributed by atoms with Crippen LogP contribution in [0, 0.1) is 17.9 Å². The molecule has 0 fully saturated rings.